The third-order valence-corrected chi connectivity index (χ3v) is 6.16. The fraction of sp³-hybridized carbons (Fsp3) is 0.500. The maximum atomic E-state index is 12.2. The summed E-state index contributed by atoms with van der Waals surface area (Å²) in [6.45, 7) is 0.0444. The molecule has 1 aromatic rings. The molecule has 1 N–H and O–H groups in total. The van der Waals surface area contributed by atoms with Crippen molar-refractivity contribution in [3.8, 4) is 5.75 Å². The molecule has 0 bridgehead atoms. The Bertz CT molecular complexity index is 458. The molecular weight excluding hydrogens is 256 g/mol. The average Bonchev–Trinajstić information content (AvgIpc) is 2.65. The van der Waals surface area contributed by atoms with Crippen LogP contribution in [0.4, 0.5) is 8.78 Å². The van der Waals surface area contributed by atoms with Crippen LogP contribution < -0.4 is 14.9 Å². The normalized spacial score (nSPS) is 27.1. The molecule has 1 fully saturated rings. The van der Waals surface area contributed by atoms with Gasteiger partial charge in [-0.3, -0.25) is 0 Å². The highest BCUT2D eigenvalue weighted by molar-refractivity contribution is 6.74. The van der Waals surface area contributed by atoms with E-state index in [0.717, 1.165) is 12.0 Å². The quantitative estimate of drug-likeness (QED) is 0.812. The predicted octanol–water partition coefficient (Wildman–Crippen LogP) is 0.959. The van der Waals surface area contributed by atoms with E-state index in [1.807, 2.05) is 6.07 Å². The first-order valence-electron chi connectivity index (χ1n) is 5.96. The Balaban J connectivity index is 1.85. The van der Waals surface area contributed by atoms with E-state index in [2.05, 4.69) is 16.6 Å². The van der Waals surface area contributed by atoms with E-state index >= 15 is 0 Å². The smallest absolute Gasteiger partial charge is 0.387 e. The molecule has 0 spiro atoms. The van der Waals surface area contributed by atoms with Crippen LogP contribution in [0.2, 0.25) is 0 Å². The fourth-order valence-corrected chi connectivity index (χ4v) is 5.31. The van der Waals surface area contributed by atoms with Crippen LogP contribution in [0, 0.1) is 0 Å². The van der Waals surface area contributed by atoms with Crippen molar-refractivity contribution < 1.29 is 18.3 Å². The molecule has 0 saturated carbocycles. The van der Waals surface area contributed by atoms with Gasteiger partial charge in [-0.2, -0.15) is 8.78 Å². The second kappa shape index (κ2) is 4.60. The van der Waals surface area contributed by atoms with Gasteiger partial charge in [-0.25, -0.2) is 0 Å². The SMILES string of the molecule is C[C@@H]1CO[C@@H]2Cc3cc(OC(F)F)ccc3[Si]2N1. The Kier molecular flexibility index (Phi) is 3.09. The van der Waals surface area contributed by atoms with Gasteiger partial charge in [-0.1, -0.05) is 6.07 Å². The van der Waals surface area contributed by atoms with Crippen LogP contribution in [0.3, 0.4) is 0 Å². The number of alkyl halides is 2. The van der Waals surface area contributed by atoms with Gasteiger partial charge in [0.05, 0.1) is 12.3 Å². The number of nitrogens with one attached hydrogen (secondary N) is 1. The number of fused-ring (bicyclic) bond motifs is 3. The summed E-state index contributed by atoms with van der Waals surface area (Å²) in [7, 11) is -0.919. The summed E-state index contributed by atoms with van der Waals surface area (Å²) in [5.41, 5.74) is 1.29. The largest absolute Gasteiger partial charge is 0.435 e. The Morgan fingerprint density at radius 3 is 3.11 bits per heavy atom. The van der Waals surface area contributed by atoms with Gasteiger partial charge in [0.25, 0.3) is 0 Å². The standard InChI is InChI=1S/C12H14F2NO2Si/c1-7-6-16-11-5-8-4-9(17-12(13)14)2-3-10(8)18(11)15-7/h2-4,7,11-12,15H,5-6H2,1H3/t7-,11+/m1/s1. The zero-order chi connectivity index (χ0) is 12.7. The van der Waals surface area contributed by atoms with E-state index < -0.39 is 15.6 Å². The molecule has 0 aromatic heterocycles. The first-order chi connectivity index (χ1) is 8.63. The highest BCUT2D eigenvalue weighted by atomic mass is 28.3. The van der Waals surface area contributed by atoms with E-state index in [0.29, 0.717) is 12.6 Å². The van der Waals surface area contributed by atoms with E-state index in [4.69, 9.17) is 4.74 Å². The molecule has 2 aliphatic heterocycles. The number of rotatable bonds is 2. The molecule has 2 atom stereocenters. The molecule has 1 aromatic carbocycles. The van der Waals surface area contributed by atoms with Crippen molar-refractivity contribution in [1.82, 2.24) is 4.98 Å². The molecule has 0 unspecified atom stereocenters. The van der Waals surface area contributed by atoms with Crippen molar-refractivity contribution in [3.63, 3.8) is 0 Å². The third kappa shape index (κ3) is 2.15. The Morgan fingerprint density at radius 1 is 1.50 bits per heavy atom. The molecule has 3 nitrogen and oxygen atoms in total. The number of halogens is 2. The Morgan fingerprint density at radius 2 is 2.33 bits per heavy atom. The number of hydrogen-bond acceptors (Lipinski definition) is 3. The molecule has 3 rings (SSSR count). The summed E-state index contributed by atoms with van der Waals surface area (Å²) in [4.78, 5) is 3.58. The molecule has 1 saturated heterocycles. The molecule has 1 radical (unpaired) electrons. The minimum atomic E-state index is -2.77. The molecule has 2 heterocycles. The summed E-state index contributed by atoms with van der Waals surface area (Å²) in [5.74, 6) is 0.234. The lowest BCUT2D eigenvalue weighted by Gasteiger charge is -2.30. The summed E-state index contributed by atoms with van der Waals surface area (Å²) in [5, 5.41) is 1.23. The van der Waals surface area contributed by atoms with Crippen LogP contribution in [0.1, 0.15) is 12.5 Å². The average molecular weight is 270 g/mol. The topological polar surface area (TPSA) is 30.5 Å². The Hall–Kier alpha value is -0.983. The van der Waals surface area contributed by atoms with Gasteiger partial charge < -0.3 is 14.5 Å². The highest BCUT2D eigenvalue weighted by Gasteiger charge is 2.39. The van der Waals surface area contributed by atoms with E-state index in [9.17, 15) is 8.78 Å². The number of benzene rings is 1. The van der Waals surface area contributed by atoms with Crippen molar-refractivity contribution in [2.45, 2.75) is 31.7 Å². The van der Waals surface area contributed by atoms with Gasteiger partial charge in [0, 0.05) is 6.04 Å². The summed E-state index contributed by atoms with van der Waals surface area (Å²) in [6, 6.07) is 5.59. The van der Waals surface area contributed by atoms with Gasteiger partial charge in [-0.05, 0) is 36.2 Å². The summed E-state index contributed by atoms with van der Waals surface area (Å²) >= 11 is 0. The van der Waals surface area contributed by atoms with Crippen LogP contribution in [-0.2, 0) is 11.2 Å². The lowest BCUT2D eigenvalue weighted by Crippen LogP contribution is -2.59. The van der Waals surface area contributed by atoms with Crippen molar-refractivity contribution in [2.75, 3.05) is 6.61 Å². The van der Waals surface area contributed by atoms with Crippen molar-refractivity contribution >= 4 is 14.1 Å². The van der Waals surface area contributed by atoms with Gasteiger partial charge in [0.1, 0.15) is 5.75 Å². The monoisotopic (exact) mass is 270 g/mol. The van der Waals surface area contributed by atoms with Crippen molar-refractivity contribution in [3.05, 3.63) is 23.8 Å². The molecular formula is C12H14F2NO2Si. The first kappa shape index (κ1) is 12.1. The van der Waals surface area contributed by atoms with Crippen LogP contribution in [0.15, 0.2) is 18.2 Å². The molecule has 18 heavy (non-hydrogen) atoms. The van der Waals surface area contributed by atoms with Gasteiger partial charge in [0.15, 0.2) is 0 Å². The van der Waals surface area contributed by atoms with E-state index in [-0.39, 0.29) is 11.5 Å². The van der Waals surface area contributed by atoms with Gasteiger partial charge >= 0.3 is 6.61 Å². The lowest BCUT2D eigenvalue weighted by molar-refractivity contribution is -0.0498. The summed E-state index contributed by atoms with van der Waals surface area (Å²) in [6.07, 6.45) is 0.795. The lowest BCUT2D eigenvalue weighted by atomic mass is 10.1. The van der Waals surface area contributed by atoms with E-state index in [1.54, 1.807) is 12.1 Å². The maximum absolute atomic E-state index is 12.2. The van der Waals surface area contributed by atoms with E-state index in [1.165, 1.54) is 5.19 Å². The molecule has 0 amide bonds. The molecule has 2 aliphatic rings. The molecule has 6 heteroatoms. The number of ether oxygens (including phenoxy) is 2. The second-order valence-electron chi connectivity index (χ2n) is 4.68. The highest BCUT2D eigenvalue weighted by Crippen LogP contribution is 2.23. The number of hydrogen-bond donors (Lipinski definition) is 1. The van der Waals surface area contributed by atoms with Crippen LogP contribution >= 0.6 is 0 Å². The van der Waals surface area contributed by atoms with Crippen molar-refractivity contribution in [2.24, 2.45) is 0 Å². The summed E-state index contributed by atoms with van der Waals surface area (Å²) < 4.78 is 34.6. The first-order valence-corrected chi connectivity index (χ1v) is 7.54. The van der Waals surface area contributed by atoms with Gasteiger partial charge in [-0.15, -0.1) is 0 Å². The van der Waals surface area contributed by atoms with Crippen LogP contribution in [0.25, 0.3) is 0 Å². The molecule has 97 valence electrons. The fourth-order valence-electron chi connectivity index (χ4n) is 2.53. The van der Waals surface area contributed by atoms with Crippen LogP contribution in [0.5, 0.6) is 5.75 Å². The zero-order valence-corrected chi connectivity index (χ0v) is 11.0. The van der Waals surface area contributed by atoms with Crippen LogP contribution in [-0.4, -0.2) is 33.9 Å². The second-order valence-corrected chi connectivity index (χ2v) is 6.98. The van der Waals surface area contributed by atoms with Crippen molar-refractivity contribution in [1.29, 1.82) is 0 Å². The molecule has 0 aliphatic carbocycles. The minimum Gasteiger partial charge on any atom is -0.435 e. The zero-order valence-electron chi connectivity index (χ0n) is 9.95. The van der Waals surface area contributed by atoms with Gasteiger partial charge in [0.2, 0.25) is 8.96 Å². The minimum absolute atomic E-state index is 0.211. The third-order valence-electron chi connectivity index (χ3n) is 3.27. The maximum Gasteiger partial charge on any atom is 0.387 e. The Labute approximate surface area is 106 Å². The predicted molar refractivity (Wildman–Crippen MR) is 64.5 cm³/mol.